The molecule has 1 heterocycles. The molecule has 132 valence electrons. The topological polar surface area (TPSA) is 23.6 Å². The first-order valence-corrected chi connectivity index (χ1v) is 8.88. The lowest BCUT2D eigenvalue weighted by Crippen LogP contribution is -2.42. The highest BCUT2D eigenvalue weighted by molar-refractivity contribution is 6.31. The second-order valence-electron chi connectivity index (χ2n) is 6.56. The van der Waals surface area contributed by atoms with E-state index in [1.165, 1.54) is 6.07 Å². The Morgan fingerprint density at radius 1 is 1.42 bits per heavy atom. The first-order chi connectivity index (χ1) is 11.4. The Balaban J connectivity index is 1.91. The summed E-state index contributed by atoms with van der Waals surface area (Å²) in [5.74, 6) is 0.0000301. The lowest BCUT2D eigenvalue weighted by molar-refractivity contribution is -0.136. The highest BCUT2D eigenvalue weighted by Gasteiger charge is 2.28. The van der Waals surface area contributed by atoms with Crippen molar-refractivity contribution in [1.82, 2.24) is 9.80 Å². The molecule has 5 heteroatoms. The molecule has 1 amide bonds. The van der Waals surface area contributed by atoms with Crippen LogP contribution in [0.1, 0.15) is 32.3 Å². The van der Waals surface area contributed by atoms with Crippen LogP contribution in [0.15, 0.2) is 30.4 Å². The normalized spacial score (nSPS) is 16.2. The second kappa shape index (κ2) is 8.63. The van der Waals surface area contributed by atoms with Crippen LogP contribution >= 0.6 is 11.6 Å². The quantitative estimate of drug-likeness (QED) is 0.719. The average Bonchev–Trinajstić information content (AvgIpc) is 2.56. The van der Waals surface area contributed by atoms with E-state index in [4.69, 9.17) is 11.6 Å². The van der Waals surface area contributed by atoms with Crippen molar-refractivity contribution in [2.75, 3.05) is 26.2 Å². The van der Waals surface area contributed by atoms with Gasteiger partial charge in [-0.3, -0.25) is 9.69 Å². The summed E-state index contributed by atoms with van der Waals surface area (Å²) in [6, 6.07) is 4.77. The summed E-state index contributed by atoms with van der Waals surface area (Å²) in [6.07, 6.45) is 1.61. The van der Waals surface area contributed by atoms with E-state index in [2.05, 4.69) is 11.5 Å². The van der Waals surface area contributed by atoms with Gasteiger partial charge in [-0.15, -0.1) is 0 Å². The van der Waals surface area contributed by atoms with E-state index < -0.39 is 0 Å². The number of nitrogens with zero attached hydrogens (tertiary/aromatic N) is 2. The summed E-state index contributed by atoms with van der Waals surface area (Å²) in [7, 11) is 0. The molecule has 0 N–H and O–H groups in total. The molecule has 1 fully saturated rings. The lowest BCUT2D eigenvalue weighted by Gasteiger charge is -2.34. The van der Waals surface area contributed by atoms with Gasteiger partial charge in [0.15, 0.2) is 0 Å². The zero-order valence-electron chi connectivity index (χ0n) is 14.5. The van der Waals surface area contributed by atoms with Gasteiger partial charge in [-0.05, 0) is 51.9 Å². The number of likely N-dealkylation sites (N-methyl/N-ethyl adjacent to an activating group) is 1. The number of carbonyl (C=O) groups is 1. The van der Waals surface area contributed by atoms with Crippen molar-refractivity contribution in [3.63, 3.8) is 0 Å². The summed E-state index contributed by atoms with van der Waals surface area (Å²) in [6.45, 7) is 11.2. The molecule has 0 saturated carbocycles. The Morgan fingerprint density at radius 3 is 2.62 bits per heavy atom. The molecule has 3 nitrogen and oxygen atoms in total. The van der Waals surface area contributed by atoms with Crippen LogP contribution in [0.5, 0.6) is 0 Å². The third-order valence-electron chi connectivity index (χ3n) is 4.53. The Hall–Kier alpha value is -1.39. The standard InChI is InChI=1S/C19H26ClFN2O/c1-4-23(12-14(2)3)19(24)15-8-10-22(11-9-15)13-16-17(20)6-5-7-18(16)21/h5-7,15H,2,4,8-13H2,1,3H3. The van der Waals surface area contributed by atoms with Crippen molar-refractivity contribution in [1.29, 1.82) is 0 Å². The smallest absolute Gasteiger partial charge is 0.226 e. The number of piperidine rings is 1. The molecule has 0 unspecified atom stereocenters. The number of halogens is 2. The molecule has 2 rings (SSSR count). The number of rotatable bonds is 6. The molecule has 1 aliphatic rings. The van der Waals surface area contributed by atoms with Crippen LogP contribution in [0.2, 0.25) is 5.02 Å². The number of benzene rings is 1. The SMILES string of the molecule is C=C(C)CN(CC)C(=O)C1CCN(Cc2c(F)cccc2Cl)CC1. The van der Waals surface area contributed by atoms with Crippen LogP contribution in [0, 0.1) is 11.7 Å². The summed E-state index contributed by atoms with van der Waals surface area (Å²) < 4.78 is 13.9. The van der Waals surface area contributed by atoms with Crippen molar-refractivity contribution in [2.45, 2.75) is 33.2 Å². The Labute approximate surface area is 149 Å². The summed E-state index contributed by atoms with van der Waals surface area (Å²) >= 11 is 6.10. The van der Waals surface area contributed by atoms with Crippen molar-refractivity contribution in [2.24, 2.45) is 5.92 Å². The first kappa shape index (κ1) is 18.9. The number of carbonyl (C=O) groups excluding carboxylic acids is 1. The van der Waals surface area contributed by atoms with E-state index in [1.54, 1.807) is 12.1 Å². The molecule has 1 aromatic rings. The molecule has 1 aliphatic heterocycles. The van der Waals surface area contributed by atoms with Gasteiger partial charge in [0.1, 0.15) is 5.82 Å². The molecule has 0 spiro atoms. The molecule has 0 aromatic heterocycles. The van der Waals surface area contributed by atoms with Gasteiger partial charge >= 0.3 is 0 Å². The largest absolute Gasteiger partial charge is 0.339 e. The number of likely N-dealkylation sites (tertiary alicyclic amines) is 1. The molecule has 1 saturated heterocycles. The summed E-state index contributed by atoms with van der Waals surface area (Å²) in [4.78, 5) is 16.7. The van der Waals surface area contributed by atoms with E-state index in [0.29, 0.717) is 30.2 Å². The van der Waals surface area contributed by atoms with E-state index >= 15 is 0 Å². The minimum absolute atomic E-state index is 0.0524. The molecule has 0 bridgehead atoms. The van der Waals surface area contributed by atoms with E-state index in [1.807, 2.05) is 18.7 Å². The lowest BCUT2D eigenvalue weighted by atomic mass is 9.94. The first-order valence-electron chi connectivity index (χ1n) is 8.50. The van der Waals surface area contributed by atoms with Gasteiger partial charge in [-0.25, -0.2) is 4.39 Å². The van der Waals surface area contributed by atoms with Crippen molar-refractivity contribution < 1.29 is 9.18 Å². The highest BCUT2D eigenvalue weighted by Crippen LogP contribution is 2.25. The molecule has 0 radical (unpaired) electrons. The monoisotopic (exact) mass is 352 g/mol. The maximum Gasteiger partial charge on any atom is 0.226 e. The summed E-state index contributed by atoms with van der Waals surface area (Å²) in [5.41, 5.74) is 1.54. The molecule has 0 aliphatic carbocycles. The Morgan fingerprint density at radius 2 is 2.08 bits per heavy atom. The van der Waals surface area contributed by atoms with Crippen molar-refractivity contribution in [3.8, 4) is 0 Å². The third-order valence-corrected chi connectivity index (χ3v) is 4.89. The number of hydrogen-bond acceptors (Lipinski definition) is 2. The predicted molar refractivity (Wildman–Crippen MR) is 96.5 cm³/mol. The van der Waals surface area contributed by atoms with Crippen LogP contribution in [-0.2, 0) is 11.3 Å². The second-order valence-corrected chi connectivity index (χ2v) is 6.97. The predicted octanol–water partition coefficient (Wildman–Crippen LogP) is 4.12. The van der Waals surface area contributed by atoms with Gasteiger partial charge in [0.25, 0.3) is 0 Å². The maximum absolute atomic E-state index is 13.9. The van der Waals surface area contributed by atoms with Gasteiger partial charge in [-0.2, -0.15) is 0 Å². The molecular formula is C19H26ClFN2O. The number of amides is 1. The van der Waals surface area contributed by atoms with Crippen LogP contribution in [-0.4, -0.2) is 41.9 Å². The van der Waals surface area contributed by atoms with Crippen LogP contribution in [0.25, 0.3) is 0 Å². The summed E-state index contributed by atoms with van der Waals surface area (Å²) in [5, 5.41) is 0.465. The molecule has 24 heavy (non-hydrogen) atoms. The van der Waals surface area contributed by atoms with Gasteiger partial charge in [-0.1, -0.05) is 29.8 Å². The third kappa shape index (κ3) is 4.81. The van der Waals surface area contributed by atoms with E-state index in [0.717, 1.165) is 31.5 Å². The zero-order chi connectivity index (χ0) is 17.7. The number of hydrogen-bond donors (Lipinski definition) is 0. The molecular weight excluding hydrogens is 327 g/mol. The van der Waals surface area contributed by atoms with Gasteiger partial charge < -0.3 is 4.90 Å². The zero-order valence-corrected chi connectivity index (χ0v) is 15.3. The van der Waals surface area contributed by atoms with Gasteiger partial charge in [0.05, 0.1) is 0 Å². The fourth-order valence-corrected chi connectivity index (χ4v) is 3.40. The van der Waals surface area contributed by atoms with Crippen molar-refractivity contribution >= 4 is 17.5 Å². The Kier molecular flexibility index (Phi) is 6.81. The minimum atomic E-state index is -0.265. The van der Waals surface area contributed by atoms with Gasteiger partial charge in [0.2, 0.25) is 5.91 Å². The Bertz CT molecular complexity index is 577. The van der Waals surface area contributed by atoms with E-state index in [-0.39, 0.29) is 17.6 Å². The average molecular weight is 353 g/mol. The van der Waals surface area contributed by atoms with Crippen molar-refractivity contribution in [3.05, 3.63) is 46.8 Å². The molecule has 1 aromatic carbocycles. The van der Waals surface area contributed by atoms with Gasteiger partial charge in [0, 0.05) is 36.1 Å². The van der Waals surface area contributed by atoms with E-state index in [9.17, 15) is 9.18 Å². The fourth-order valence-electron chi connectivity index (χ4n) is 3.17. The van der Waals surface area contributed by atoms with Crippen LogP contribution in [0.4, 0.5) is 4.39 Å². The van der Waals surface area contributed by atoms with Crippen LogP contribution < -0.4 is 0 Å². The molecule has 0 atom stereocenters. The fraction of sp³-hybridized carbons (Fsp3) is 0.526. The maximum atomic E-state index is 13.9. The minimum Gasteiger partial charge on any atom is -0.339 e. The van der Waals surface area contributed by atoms with Crippen LogP contribution in [0.3, 0.4) is 0 Å². The highest BCUT2D eigenvalue weighted by atomic mass is 35.5.